The molecule has 0 amide bonds. The van der Waals surface area contributed by atoms with Gasteiger partial charge in [0.2, 0.25) is 0 Å². The Bertz CT molecular complexity index is 223. The molecule has 10 heavy (non-hydrogen) atoms. The maximum Gasteiger partial charge on any atom is 0.0592 e. The predicted octanol–water partition coefficient (Wildman–Crippen LogP) is 1.75. The molecule has 2 N–H and O–H groups in total. The number of nitrogens with two attached hydrogens (primary N) is 1. The van der Waals surface area contributed by atoms with E-state index in [1.807, 2.05) is 13.0 Å². The van der Waals surface area contributed by atoms with Crippen LogP contribution in [-0.4, -0.2) is 4.98 Å². The van der Waals surface area contributed by atoms with E-state index >= 15 is 0 Å². The first-order chi connectivity index (χ1) is 4.70. The van der Waals surface area contributed by atoms with Crippen molar-refractivity contribution in [1.82, 2.24) is 4.98 Å². The summed E-state index contributed by atoms with van der Waals surface area (Å²) < 4.78 is 0. The number of rotatable bonds is 1. The number of hydrogen-bond donors (Lipinski definition) is 1. The molecule has 0 aliphatic carbocycles. The van der Waals surface area contributed by atoms with E-state index in [1.165, 1.54) is 0 Å². The third-order valence-corrected chi connectivity index (χ3v) is 1.46. The third-order valence-electron chi connectivity index (χ3n) is 1.25. The Labute approximate surface area is 65.0 Å². The van der Waals surface area contributed by atoms with E-state index in [1.54, 1.807) is 12.4 Å². The Balaban J connectivity index is 2.96. The largest absolute Gasteiger partial charge is 0.324 e. The molecule has 0 saturated heterocycles. The maximum absolute atomic E-state index is 5.67. The topological polar surface area (TPSA) is 38.9 Å². The molecular formula is C7H9ClN2. The van der Waals surface area contributed by atoms with Crippen LogP contribution in [0.3, 0.4) is 0 Å². The predicted molar refractivity (Wildman–Crippen MR) is 41.8 cm³/mol. The van der Waals surface area contributed by atoms with Crippen LogP contribution in [0.4, 0.5) is 0 Å². The van der Waals surface area contributed by atoms with Gasteiger partial charge in [-0.1, -0.05) is 11.6 Å². The Hall–Kier alpha value is -0.600. The lowest BCUT2D eigenvalue weighted by molar-refractivity contribution is 0.812. The van der Waals surface area contributed by atoms with Crippen molar-refractivity contribution in [3.8, 4) is 0 Å². The second-order valence-corrected chi connectivity index (χ2v) is 2.66. The average molecular weight is 157 g/mol. The summed E-state index contributed by atoms with van der Waals surface area (Å²) in [5.74, 6) is 0. The number of halogens is 1. The van der Waals surface area contributed by atoms with Crippen molar-refractivity contribution >= 4 is 11.6 Å². The highest BCUT2D eigenvalue weighted by Gasteiger charge is 1.98. The van der Waals surface area contributed by atoms with Crippen molar-refractivity contribution in [3.05, 3.63) is 29.0 Å². The Morgan fingerprint density at radius 2 is 2.30 bits per heavy atom. The Morgan fingerprint density at radius 1 is 1.60 bits per heavy atom. The molecular weight excluding hydrogens is 148 g/mol. The normalized spacial score (nSPS) is 13.1. The number of hydrogen-bond acceptors (Lipinski definition) is 2. The summed E-state index contributed by atoms with van der Waals surface area (Å²) in [7, 11) is 0. The molecule has 1 rings (SSSR count). The van der Waals surface area contributed by atoms with E-state index < -0.39 is 0 Å². The minimum atomic E-state index is 0.00574. The molecule has 0 saturated carbocycles. The minimum Gasteiger partial charge on any atom is -0.324 e. The number of aromatic nitrogens is 1. The quantitative estimate of drug-likeness (QED) is 0.673. The van der Waals surface area contributed by atoms with E-state index in [2.05, 4.69) is 4.98 Å². The van der Waals surface area contributed by atoms with Crippen LogP contribution in [0.25, 0.3) is 0 Å². The highest BCUT2D eigenvalue weighted by molar-refractivity contribution is 6.30. The van der Waals surface area contributed by atoms with E-state index in [4.69, 9.17) is 17.3 Å². The van der Waals surface area contributed by atoms with Crippen molar-refractivity contribution < 1.29 is 0 Å². The highest BCUT2D eigenvalue weighted by Crippen LogP contribution is 2.12. The molecule has 3 heteroatoms. The summed E-state index contributed by atoms with van der Waals surface area (Å²) in [4.78, 5) is 3.89. The molecule has 54 valence electrons. The van der Waals surface area contributed by atoms with Gasteiger partial charge in [0.25, 0.3) is 0 Å². The summed E-state index contributed by atoms with van der Waals surface area (Å²) >= 11 is 5.67. The fraction of sp³-hybridized carbons (Fsp3) is 0.286. The van der Waals surface area contributed by atoms with Crippen LogP contribution in [-0.2, 0) is 0 Å². The zero-order chi connectivity index (χ0) is 7.56. The fourth-order valence-corrected chi connectivity index (χ4v) is 0.860. The van der Waals surface area contributed by atoms with E-state index in [9.17, 15) is 0 Å². The first kappa shape index (κ1) is 7.51. The molecule has 1 unspecified atom stereocenters. The molecule has 0 aliphatic heterocycles. The molecule has 1 heterocycles. The van der Waals surface area contributed by atoms with Crippen LogP contribution in [0.1, 0.15) is 18.5 Å². The SMILES string of the molecule is CC(N)c1cncc(Cl)c1. The van der Waals surface area contributed by atoms with Crippen LogP contribution in [0.2, 0.25) is 5.02 Å². The van der Waals surface area contributed by atoms with Crippen molar-refractivity contribution in [1.29, 1.82) is 0 Å². The summed E-state index contributed by atoms with van der Waals surface area (Å²) in [6.45, 7) is 1.90. The van der Waals surface area contributed by atoms with Gasteiger partial charge in [-0.3, -0.25) is 4.98 Å². The van der Waals surface area contributed by atoms with Crippen molar-refractivity contribution in [2.24, 2.45) is 5.73 Å². The molecule has 1 aromatic heterocycles. The summed E-state index contributed by atoms with van der Waals surface area (Å²) in [6.07, 6.45) is 3.31. The van der Waals surface area contributed by atoms with Gasteiger partial charge < -0.3 is 5.73 Å². The van der Waals surface area contributed by atoms with Crippen LogP contribution in [0, 0.1) is 0 Å². The monoisotopic (exact) mass is 156 g/mol. The summed E-state index contributed by atoms with van der Waals surface area (Å²) in [5, 5.41) is 0.634. The number of pyridine rings is 1. The molecule has 2 nitrogen and oxygen atoms in total. The van der Waals surface area contributed by atoms with Crippen LogP contribution < -0.4 is 5.73 Å². The number of nitrogens with zero attached hydrogens (tertiary/aromatic N) is 1. The van der Waals surface area contributed by atoms with Crippen molar-refractivity contribution in [3.63, 3.8) is 0 Å². The van der Waals surface area contributed by atoms with Gasteiger partial charge in [0.15, 0.2) is 0 Å². The molecule has 1 atom stereocenters. The Kier molecular flexibility index (Phi) is 2.25. The second-order valence-electron chi connectivity index (χ2n) is 2.23. The van der Waals surface area contributed by atoms with Gasteiger partial charge in [-0.05, 0) is 18.6 Å². The van der Waals surface area contributed by atoms with E-state index in [0.29, 0.717) is 5.02 Å². The van der Waals surface area contributed by atoms with Crippen LogP contribution in [0.5, 0.6) is 0 Å². The highest BCUT2D eigenvalue weighted by atomic mass is 35.5. The Morgan fingerprint density at radius 3 is 2.70 bits per heavy atom. The van der Waals surface area contributed by atoms with Gasteiger partial charge >= 0.3 is 0 Å². The molecule has 0 spiro atoms. The lowest BCUT2D eigenvalue weighted by atomic mass is 10.2. The van der Waals surface area contributed by atoms with Crippen molar-refractivity contribution in [2.75, 3.05) is 0 Å². The molecule has 1 aromatic rings. The first-order valence-corrected chi connectivity index (χ1v) is 3.44. The molecule has 0 aliphatic rings. The third kappa shape index (κ3) is 1.69. The van der Waals surface area contributed by atoms with Crippen LogP contribution >= 0.6 is 11.6 Å². The molecule has 0 aromatic carbocycles. The van der Waals surface area contributed by atoms with Gasteiger partial charge in [0, 0.05) is 18.4 Å². The molecule has 0 radical (unpaired) electrons. The average Bonchev–Trinajstić information content (AvgIpc) is 1.88. The lowest BCUT2D eigenvalue weighted by Gasteiger charge is -2.03. The lowest BCUT2D eigenvalue weighted by Crippen LogP contribution is -2.04. The van der Waals surface area contributed by atoms with Gasteiger partial charge in [0.1, 0.15) is 0 Å². The second kappa shape index (κ2) is 2.99. The zero-order valence-electron chi connectivity index (χ0n) is 5.71. The van der Waals surface area contributed by atoms with E-state index in [0.717, 1.165) is 5.56 Å². The van der Waals surface area contributed by atoms with Gasteiger partial charge in [-0.15, -0.1) is 0 Å². The zero-order valence-corrected chi connectivity index (χ0v) is 6.47. The first-order valence-electron chi connectivity index (χ1n) is 3.06. The van der Waals surface area contributed by atoms with E-state index in [-0.39, 0.29) is 6.04 Å². The summed E-state index contributed by atoms with van der Waals surface area (Å²) in [6, 6.07) is 1.82. The maximum atomic E-state index is 5.67. The fourth-order valence-electron chi connectivity index (χ4n) is 0.677. The van der Waals surface area contributed by atoms with Gasteiger partial charge in [0.05, 0.1) is 5.02 Å². The standard InChI is InChI=1S/C7H9ClN2/c1-5(9)6-2-7(8)4-10-3-6/h2-5H,9H2,1H3. The molecule has 0 fully saturated rings. The van der Waals surface area contributed by atoms with Gasteiger partial charge in [-0.25, -0.2) is 0 Å². The summed E-state index contributed by atoms with van der Waals surface area (Å²) in [5.41, 5.74) is 6.55. The van der Waals surface area contributed by atoms with Gasteiger partial charge in [-0.2, -0.15) is 0 Å². The molecule has 0 bridgehead atoms. The minimum absolute atomic E-state index is 0.00574. The van der Waals surface area contributed by atoms with Crippen LogP contribution in [0.15, 0.2) is 18.5 Å². The smallest absolute Gasteiger partial charge is 0.0592 e. The van der Waals surface area contributed by atoms with Crippen molar-refractivity contribution in [2.45, 2.75) is 13.0 Å².